The lowest BCUT2D eigenvalue weighted by Crippen LogP contribution is -2.43. The van der Waals surface area contributed by atoms with Crippen molar-refractivity contribution in [3.8, 4) is 0 Å². The van der Waals surface area contributed by atoms with Gasteiger partial charge in [0.15, 0.2) is 0 Å². The van der Waals surface area contributed by atoms with Gasteiger partial charge >= 0.3 is 5.69 Å². The van der Waals surface area contributed by atoms with E-state index in [9.17, 15) is 20.0 Å². The maximum absolute atomic E-state index is 12.2. The predicted octanol–water partition coefficient (Wildman–Crippen LogP) is 2.04. The number of nitrogens with one attached hydrogen (secondary N) is 2. The lowest BCUT2D eigenvalue weighted by molar-refractivity contribution is -0.385. The molecule has 1 amide bonds. The number of H-pyrrole nitrogens is 1. The van der Waals surface area contributed by atoms with Crippen LogP contribution in [0.5, 0.6) is 0 Å². The number of aromatic nitrogens is 2. The first kappa shape index (κ1) is 19.1. The summed E-state index contributed by atoms with van der Waals surface area (Å²) in [6.45, 7) is 9.53. The molecule has 1 aromatic heterocycles. The van der Waals surface area contributed by atoms with Crippen molar-refractivity contribution in [2.45, 2.75) is 53.6 Å². The Morgan fingerprint density at radius 1 is 1.48 bits per heavy atom. The molecule has 0 saturated heterocycles. The van der Waals surface area contributed by atoms with Gasteiger partial charge in [-0.25, -0.2) is 0 Å². The van der Waals surface area contributed by atoms with Crippen LogP contribution in [0, 0.1) is 21.4 Å². The Morgan fingerprint density at radius 2 is 2.09 bits per heavy atom. The number of nitrogens with zero attached hydrogens (tertiary/aromatic N) is 2. The lowest BCUT2D eigenvalue weighted by Gasteiger charge is -2.33. The molecule has 0 fully saturated rings. The smallest absolute Gasteiger partial charge is 0.322 e. The number of aryl methyl sites for hydroxylation is 1. The second-order valence-electron chi connectivity index (χ2n) is 6.77. The first-order valence-corrected chi connectivity index (χ1v) is 7.79. The highest BCUT2D eigenvalue weighted by atomic mass is 16.6. The first-order chi connectivity index (χ1) is 10.6. The Balaban J connectivity index is 2.89. The van der Waals surface area contributed by atoms with E-state index < -0.39 is 22.3 Å². The predicted molar refractivity (Wildman–Crippen MR) is 86.2 cm³/mol. The maximum atomic E-state index is 12.2. The van der Waals surface area contributed by atoms with E-state index in [4.69, 9.17) is 0 Å². The van der Waals surface area contributed by atoms with Gasteiger partial charge in [-0.3, -0.25) is 20.0 Å². The van der Waals surface area contributed by atoms with E-state index in [0.717, 1.165) is 0 Å². The van der Waals surface area contributed by atoms with Crippen LogP contribution in [0.3, 0.4) is 0 Å². The summed E-state index contributed by atoms with van der Waals surface area (Å²) >= 11 is 0. The molecule has 0 aliphatic carbocycles. The minimum Gasteiger partial charge on any atom is -0.392 e. The number of nitro groups is 1. The molecule has 8 heteroatoms. The standard InChI is InChI=1S/C15H26N4O4/c1-6-7-10-12(19(22)23)11(18-17-10)14(21)16-8-15(4,5)13(20)9(2)3/h9,13,20H,6-8H2,1-5H3,(H,16,21)(H,17,18). The van der Waals surface area contributed by atoms with E-state index in [2.05, 4.69) is 15.5 Å². The fourth-order valence-corrected chi connectivity index (χ4v) is 2.55. The van der Waals surface area contributed by atoms with Crippen molar-refractivity contribution in [2.75, 3.05) is 6.54 Å². The molecule has 1 unspecified atom stereocenters. The lowest BCUT2D eigenvalue weighted by atomic mass is 9.80. The zero-order valence-electron chi connectivity index (χ0n) is 14.3. The van der Waals surface area contributed by atoms with Crippen LogP contribution in [0.15, 0.2) is 0 Å². The number of carbonyl (C=O) groups excluding carboxylic acids is 1. The number of hydrogen-bond donors (Lipinski definition) is 3. The van der Waals surface area contributed by atoms with Gasteiger partial charge in [-0.05, 0) is 12.3 Å². The molecule has 0 spiro atoms. The topological polar surface area (TPSA) is 121 Å². The van der Waals surface area contributed by atoms with Crippen LogP contribution in [0.1, 0.15) is 57.2 Å². The Labute approximate surface area is 135 Å². The first-order valence-electron chi connectivity index (χ1n) is 7.79. The van der Waals surface area contributed by atoms with Crippen molar-refractivity contribution in [3.63, 3.8) is 0 Å². The summed E-state index contributed by atoms with van der Waals surface area (Å²) in [4.78, 5) is 22.9. The third kappa shape index (κ3) is 4.51. The van der Waals surface area contributed by atoms with Gasteiger partial charge in [-0.1, -0.05) is 41.0 Å². The van der Waals surface area contributed by atoms with Crippen LogP contribution in [0.2, 0.25) is 0 Å². The zero-order valence-corrected chi connectivity index (χ0v) is 14.3. The summed E-state index contributed by atoms with van der Waals surface area (Å²) in [5, 5.41) is 30.4. The molecule has 1 rings (SSSR count). The minimum absolute atomic E-state index is 0.0396. The number of amides is 1. The van der Waals surface area contributed by atoms with Gasteiger partial charge in [-0.15, -0.1) is 0 Å². The van der Waals surface area contributed by atoms with Crippen molar-refractivity contribution >= 4 is 11.6 Å². The molecule has 8 nitrogen and oxygen atoms in total. The number of hydrogen-bond acceptors (Lipinski definition) is 5. The fraction of sp³-hybridized carbons (Fsp3) is 0.733. The van der Waals surface area contributed by atoms with Gasteiger partial charge in [0.2, 0.25) is 5.69 Å². The van der Waals surface area contributed by atoms with Crippen molar-refractivity contribution in [1.29, 1.82) is 0 Å². The number of rotatable bonds is 8. The second-order valence-corrected chi connectivity index (χ2v) is 6.77. The van der Waals surface area contributed by atoms with Crippen molar-refractivity contribution in [2.24, 2.45) is 11.3 Å². The Hall–Kier alpha value is -1.96. The number of aliphatic hydroxyl groups is 1. The summed E-state index contributed by atoms with van der Waals surface area (Å²) in [6, 6.07) is 0. The number of carbonyl (C=O) groups is 1. The molecule has 1 atom stereocenters. The molecule has 1 heterocycles. The van der Waals surface area contributed by atoms with Crippen LogP contribution in [-0.4, -0.2) is 38.8 Å². The molecular formula is C15H26N4O4. The molecule has 3 N–H and O–H groups in total. The molecule has 0 bridgehead atoms. The van der Waals surface area contributed by atoms with E-state index in [0.29, 0.717) is 18.5 Å². The monoisotopic (exact) mass is 326 g/mol. The number of aliphatic hydroxyl groups excluding tert-OH is 1. The summed E-state index contributed by atoms with van der Waals surface area (Å²) < 4.78 is 0. The third-order valence-corrected chi connectivity index (χ3v) is 3.85. The third-order valence-electron chi connectivity index (χ3n) is 3.85. The van der Waals surface area contributed by atoms with Crippen LogP contribution in [-0.2, 0) is 6.42 Å². The maximum Gasteiger partial charge on any atom is 0.322 e. The Bertz CT molecular complexity index is 566. The molecule has 0 aliphatic heterocycles. The normalized spacial score (nSPS) is 13.2. The van der Waals surface area contributed by atoms with Gasteiger partial charge in [-0.2, -0.15) is 5.10 Å². The van der Waals surface area contributed by atoms with E-state index in [1.54, 1.807) is 0 Å². The summed E-state index contributed by atoms with van der Waals surface area (Å²) in [7, 11) is 0. The highest BCUT2D eigenvalue weighted by Gasteiger charge is 2.33. The molecule has 1 aromatic rings. The van der Waals surface area contributed by atoms with Gasteiger partial charge < -0.3 is 10.4 Å². The van der Waals surface area contributed by atoms with Gasteiger partial charge in [0.05, 0.1) is 11.0 Å². The summed E-state index contributed by atoms with van der Waals surface area (Å²) in [5.74, 6) is -0.572. The molecule has 0 aliphatic rings. The fourth-order valence-electron chi connectivity index (χ4n) is 2.55. The van der Waals surface area contributed by atoms with E-state index >= 15 is 0 Å². The molecule has 0 saturated carbocycles. The molecular weight excluding hydrogens is 300 g/mol. The zero-order chi connectivity index (χ0) is 17.8. The summed E-state index contributed by atoms with van der Waals surface area (Å²) in [5.41, 5.74) is -0.690. The van der Waals surface area contributed by atoms with E-state index in [-0.39, 0.29) is 23.8 Å². The Morgan fingerprint density at radius 3 is 2.57 bits per heavy atom. The molecule has 23 heavy (non-hydrogen) atoms. The summed E-state index contributed by atoms with van der Waals surface area (Å²) in [6.07, 6.45) is 0.555. The van der Waals surface area contributed by atoms with Crippen LogP contribution in [0.4, 0.5) is 5.69 Å². The van der Waals surface area contributed by atoms with Gasteiger partial charge in [0.1, 0.15) is 5.69 Å². The van der Waals surface area contributed by atoms with E-state index in [1.165, 1.54) is 0 Å². The van der Waals surface area contributed by atoms with Crippen LogP contribution >= 0.6 is 0 Å². The van der Waals surface area contributed by atoms with Crippen molar-refractivity contribution in [1.82, 2.24) is 15.5 Å². The average molecular weight is 326 g/mol. The molecule has 130 valence electrons. The second kappa shape index (κ2) is 7.54. The van der Waals surface area contributed by atoms with E-state index in [1.807, 2.05) is 34.6 Å². The average Bonchev–Trinajstić information content (AvgIpc) is 2.88. The quantitative estimate of drug-likeness (QED) is 0.498. The number of aromatic amines is 1. The van der Waals surface area contributed by atoms with Gasteiger partial charge in [0.25, 0.3) is 5.91 Å². The van der Waals surface area contributed by atoms with Crippen LogP contribution in [0.25, 0.3) is 0 Å². The minimum atomic E-state index is -0.612. The van der Waals surface area contributed by atoms with Crippen molar-refractivity contribution < 1.29 is 14.8 Å². The van der Waals surface area contributed by atoms with Gasteiger partial charge in [0, 0.05) is 12.0 Å². The SMILES string of the molecule is CCCc1[nH]nc(C(=O)NCC(C)(C)C(O)C(C)C)c1[N+](=O)[O-]. The molecule has 0 aromatic carbocycles. The van der Waals surface area contributed by atoms with Crippen LogP contribution < -0.4 is 5.32 Å². The van der Waals surface area contributed by atoms with Crippen molar-refractivity contribution in [3.05, 3.63) is 21.5 Å². The largest absolute Gasteiger partial charge is 0.392 e. The molecule has 0 radical (unpaired) electrons. The Kier molecular flexibility index (Phi) is 6.26. The highest BCUT2D eigenvalue weighted by molar-refractivity contribution is 5.96. The highest BCUT2D eigenvalue weighted by Crippen LogP contribution is 2.26.